The molecule has 0 bridgehead atoms. The van der Waals surface area contributed by atoms with Crippen LogP contribution in [0.15, 0.2) is 5.38 Å². The third-order valence-corrected chi connectivity index (χ3v) is 5.38. The zero-order valence-corrected chi connectivity index (χ0v) is 16.3. The number of aryl methyl sites for hydroxylation is 1. The van der Waals surface area contributed by atoms with Crippen molar-refractivity contribution in [3.63, 3.8) is 0 Å². The van der Waals surface area contributed by atoms with Gasteiger partial charge in [-0.05, 0) is 57.5 Å². The van der Waals surface area contributed by atoms with E-state index in [1.165, 1.54) is 11.3 Å². The standard InChI is InChI=1S/C18H26N2O4S/c1-11-10-25-16(12(11)2)15(22)13-6-7-14(21)20(13)9-8-19-17(23)24-18(3,4)5/h10,13H,6-9H2,1-5H3,(H,19,23). The smallest absolute Gasteiger partial charge is 0.407 e. The summed E-state index contributed by atoms with van der Waals surface area (Å²) in [4.78, 5) is 39.0. The van der Waals surface area contributed by atoms with E-state index in [9.17, 15) is 14.4 Å². The molecule has 1 aliphatic heterocycles. The van der Waals surface area contributed by atoms with Gasteiger partial charge in [-0.25, -0.2) is 4.79 Å². The van der Waals surface area contributed by atoms with Crippen LogP contribution in [0, 0.1) is 13.8 Å². The molecule has 1 saturated heterocycles. The molecule has 7 heteroatoms. The first kappa shape index (κ1) is 19.4. The van der Waals surface area contributed by atoms with Gasteiger partial charge in [0.2, 0.25) is 5.91 Å². The number of Topliss-reactive ketones (excluding diaryl/α,β-unsaturated/α-hetero) is 1. The van der Waals surface area contributed by atoms with Gasteiger partial charge in [0.25, 0.3) is 0 Å². The van der Waals surface area contributed by atoms with Crippen LogP contribution in [0.2, 0.25) is 0 Å². The molecule has 0 aliphatic carbocycles. The van der Waals surface area contributed by atoms with E-state index in [4.69, 9.17) is 4.74 Å². The summed E-state index contributed by atoms with van der Waals surface area (Å²) in [6.07, 6.45) is 0.374. The van der Waals surface area contributed by atoms with Crippen LogP contribution in [0.25, 0.3) is 0 Å². The minimum atomic E-state index is -0.569. The molecule has 1 aliphatic rings. The monoisotopic (exact) mass is 366 g/mol. The number of rotatable bonds is 5. The zero-order chi connectivity index (χ0) is 18.8. The van der Waals surface area contributed by atoms with Gasteiger partial charge in [-0.1, -0.05) is 0 Å². The number of carbonyl (C=O) groups is 3. The van der Waals surface area contributed by atoms with E-state index in [-0.39, 0.29) is 18.2 Å². The molecule has 2 amide bonds. The number of ketones is 1. The number of nitrogens with one attached hydrogen (secondary N) is 1. The maximum absolute atomic E-state index is 12.8. The van der Waals surface area contributed by atoms with Crippen LogP contribution in [0.3, 0.4) is 0 Å². The molecule has 1 aromatic rings. The number of hydrogen-bond acceptors (Lipinski definition) is 5. The molecule has 0 radical (unpaired) electrons. The van der Waals surface area contributed by atoms with Crippen molar-refractivity contribution in [2.75, 3.05) is 13.1 Å². The Labute approximate surface area is 152 Å². The minimum Gasteiger partial charge on any atom is -0.444 e. The van der Waals surface area contributed by atoms with Gasteiger partial charge < -0.3 is 15.0 Å². The Morgan fingerprint density at radius 1 is 1.36 bits per heavy atom. The fourth-order valence-electron chi connectivity index (χ4n) is 2.78. The van der Waals surface area contributed by atoms with Crippen LogP contribution in [0.5, 0.6) is 0 Å². The predicted molar refractivity (Wildman–Crippen MR) is 97.1 cm³/mol. The molecule has 0 spiro atoms. The number of thiophene rings is 1. The van der Waals surface area contributed by atoms with Crippen molar-refractivity contribution in [3.8, 4) is 0 Å². The predicted octanol–water partition coefficient (Wildman–Crippen LogP) is 3.06. The number of nitrogens with zero attached hydrogens (tertiary/aromatic N) is 1. The summed E-state index contributed by atoms with van der Waals surface area (Å²) in [6, 6.07) is -0.440. The van der Waals surface area contributed by atoms with E-state index in [0.29, 0.717) is 19.4 Å². The normalized spacial score (nSPS) is 17.7. The Hall–Kier alpha value is -1.89. The lowest BCUT2D eigenvalue weighted by Crippen LogP contribution is -2.44. The van der Waals surface area contributed by atoms with E-state index in [2.05, 4.69) is 5.32 Å². The van der Waals surface area contributed by atoms with Crippen LogP contribution in [0.1, 0.15) is 54.4 Å². The van der Waals surface area contributed by atoms with Gasteiger partial charge in [-0.3, -0.25) is 9.59 Å². The lowest BCUT2D eigenvalue weighted by molar-refractivity contribution is -0.128. The van der Waals surface area contributed by atoms with Crippen molar-refractivity contribution in [2.24, 2.45) is 0 Å². The van der Waals surface area contributed by atoms with Gasteiger partial charge in [0.1, 0.15) is 5.60 Å². The molecule has 1 unspecified atom stereocenters. The quantitative estimate of drug-likeness (QED) is 0.813. The van der Waals surface area contributed by atoms with Crippen molar-refractivity contribution in [2.45, 2.75) is 59.1 Å². The van der Waals surface area contributed by atoms with Gasteiger partial charge in [0, 0.05) is 19.5 Å². The summed E-state index contributed by atoms with van der Waals surface area (Å²) < 4.78 is 5.17. The maximum atomic E-state index is 12.8. The van der Waals surface area contributed by atoms with Crippen molar-refractivity contribution in [3.05, 3.63) is 21.4 Å². The van der Waals surface area contributed by atoms with Crippen LogP contribution in [-0.4, -0.2) is 47.4 Å². The third-order valence-electron chi connectivity index (χ3n) is 4.16. The van der Waals surface area contributed by atoms with Crippen LogP contribution < -0.4 is 5.32 Å². The molecule has 138 valence electrons. The largest absolute Gasteiger partial charge is 0.444 e. The van der Waals surface area contributed by atoms with E-state index in [0.717, 1.165) is 16.0 Å². The Morgan fingerprint density at radius 3 is 2.60 bits per heavy atom. The van der Waals surface area contributed by atoms with Crippen LogP contribution >= 0.6 is 11.3 Å². The fraction of sp³-hybridized carbons (Fsp3) is 0.611. The first-order valence-corrected chi connectivity index (χ1v) is 9.33. The molecule has 25 heavy (non-hydrogen) atoms. The average Bonchev–Trinajstić information content (AvgIpc) is 3.01. The highest BCUT2D eigenvalue weighted by molar-refractivity contribution is 7.12. The van der Waals surface area contributed by atoms with Crippen molar-refractivity contribution < 1.29 is 19.1 Å². The number of alkyl carbamates (subject to hydrolysis) is 1. The Kier molecular flexibility index (Phi) is 5.87. The van der Waals surface area contributed by atoms with Crippen molar-refractivity contribution in [1.82, 2.24) is 10.2 Å². The highest BCUT2D eigenvalue weighted by Gasteiger charge is 2.37. The van der Waals surface area contributed by atoms with Gasteiger partial charge in [-0.2, -0.15) is 0 Å². The second-order valence-electron chi connectivity index (χ2n) is 7.31. The lowest BCUT2D eigenvalue weighted by Gasteiger charge is -2.24. The summed E-state index contributed by atoms with van der Waals surface area (Å²) in [5.74, 6) is -0.0472. The summed E-state index contributed by atoms with van der Waals surface area (Å²) in [6.45, 7) is 9.84. The summed E-state index contributed by atoms with van der Waals surface area (Å²) >= 11 is 1.43. The van der Waals surface area contributed by atoms with Gasteiger partial charge in [-0.15, -0.1) is 11.3 Å². The van der Waals surface area contributed by atoms with Gasteiger partial charge >= 0.3 is 6.09 Å². The molecule has 1 aromatic heterocycles. The molecule has 0 saturated carbocycles. The third kappa shape index (κ3) is 4.81. The summed E-state index contributed by atoms with van der Waals surface area (Å²) in [5, 5.41) is 4.60. The highest BCUT2D eigenvalue weighted by Crippen LogP contribution is 2.28. The summed E-state index contributed by atoms with van der Waals surface area (Å²) in [7, 11) is 0. The molecule has 6 nitrogen and oxygen atoms in total. The number of carbonyl (C=O) groups excluding carboxylic acids is 3. The van der Waals surface area contributed by atoms with Gasteiger partial charge in [0.05, 0.1) is 10.9 Å². The van der Waals surface area contributed by atoms with Gasteiger partial charge in [0.15, 0.2) is 5.78 Å². The van der Waals surface area contributed by atoms with E-state index < -0.39 is 17.7 Å². The Bertz CT molecular complexity index is 675. The first-order chi connectivity index (χ1) is 11.6. The first-order valence-electron chi connectivity index (χ1n) is 8.45. The molecule has 0 aromatic carbocycles. The molecule has 2 heterocycles. The SMILES string of the molecule is Cc1csc(C(=O)C2CCC(=O)N2CCNC(=O)OC(C)(C)C)c1C. The Morgan fingerprint density at radius 2 is 2.04 bits per heavy atom. The second-order valence-corrected chi connectivity index (χ2v) is 8.19. The number of hydrogen-bond donors (Lipinski definition) is 1. The van der Waals surface area contributed by atoms with E-state index in [1.807, 2.05) is 19.2 Å². The molecule has 1 atom stereocenters. The second kappa shape index (κ2) is 7.56. The van der Waals surface area contributed by atoms with Crippen LogP contribution in [-0.2, 0) is 9.53 Å². The fourth-order valence-corrected chi connectivity index (χ4v) is 3.84. The highest BCUT2D eigenvalue weighted by atomic mass is 32.1. The van der Waals surface area contributed by atoms with Crippen molar-refractivity contribution in [1.29, 1.82) is 0 Å². The number of likely N-dealkylation sites (tertiary alicyclic amines) is 1. The molecule has 1 N–H and O–H groups in total. The van der Waals surface area contributed by atoms with Crippen molar-refractivity contribution >= 4 is 29.1 Å². The Balaban J connectivity index is 1.96. The molecular weight excluding hydrogens is 340 g/mol. The van der Waals surface area contributed by atoms with Crippen LogP contribution in [0.4, 0.5) is 4.79 Å². The van der Waals surface area contributed by atoms with E-state index in [1.54, 1.807) is 25.7 Å². The average molecular weight is 366 g/mol. The number of ether oxygens (including phenoxy) is 1. The minimum absolute atomic E-state index is 0.00119. The topological polar surface area (TPSA) is 75.7 Å². The molecule has 1 fully saturated rings. The molecular formula is C18H26N2O4S. The number of amides is 2. The maximum Gasteiger partial charge on any atom is 0.407 e. The van der Waals surface area contributed by atoms with E-state index >= 15 is 0 Å². The lowest BCUT2D eigenvalue weighted by atomic mass is 10.0. The zero-order valence-electron chi connectivity index (χ0n) is 15.5. The molecule has 2 rings (SSSR count). The summed E-state index contributed by atoms with van der Waals surface area (Å²) in [5.41, 5.74) is 1.51.